The number of rotatable bonds is 2. The first-order valence-corrected chi connectivity index (χ1v) is 5.00. The summed E-state index contributed by atoms with van der Waals surface area (Å²) in [5, 5.41) is 11.7. The molecule has 2 rings (SSSR count). The molecule has 2 atom stereocenters. The quantitative estimate of drug-likeness (QED) is 0.804. The number of aliphatic carboxylic acids is 1. The fraction of sp³-hybridized carbons (Fsp3) is 0.364. The summed E-state index contributed by atoms with van der Waals surface area (Å²) in [7, 11) is 0. The molecule has 1 heterocycles. The van der Waals surface area contributed by atoms with Crippen molar-refractivity contribution >= 4 is 5.97 Å². The number of benzene rings is 1. The molecule has 1 aliphatic heterocycles. The molecule has 1 saturated heterocycles. The molecule has 1 aromatic carbocycles. The number of carbonyl (C=O) groups is 1. The highest BCUT2D eigenvalue weighted by molar-refractivity contribution is 5.75. The van der Waals surface area contributed by atoms with Crippen LogP contribution in [0.3, 0.4) is 0 Å². The summed E-state index contributed by atoms with van der Waals surface area (Å²) in [4.78, 5) is 10.9. The van der Waals surface area contributed by atoms with Gasteiger partial charge in [0.25, 0.3) is 0 Å². The van der Waals surface area contributed by atoms with Crippen molar-refractivity contribution in [1.82, 2.24) is 5.32 Å². The van der Waals surface area contributed by atoms with Gasteiger partial charge in [0.2, 0.25) is 0 Å². The summed E-state index contributed by atoms with van der Waals surface area (Å²) >= 11 is 0. The van der Waals surface area contributed by atoms with Crippen molar-refractivity contribution in [2.45, 2.75) is 18.4 Å². The Morgan fingerprint density at radius 2 is 2.19 bits per heavy atom. The standard InChI is InChI=1S/C11H11F2NO2/c12-6-1-2-7(9(13)5-6)8-3-4-14-10(8)11(15)16/h1-2,5,8,10,14H,3-4H2,(H,15,16). The summed E-state index contributed by atoms with van der Waals surface area (Å²) in [5.74, 6) is -2.77. The molecule has 5 heteroatoms. The van der Waals surface area contributed by atoms with Crippen LogP contribution in [0, 0.1) is 11.6 Å². The van der Waals surface area contributed by atoms with Gasteiger partial charge in [-0.15, -0.1) is 0 Å². The van der Waals surface area contributed by atoms with Crippen LogP contribution in [0.2, 0.25) is 0 Å². The Morgan fingerprint density at radius 3 is 2.81 bits per heavy atom. The van der Waals surface area contributed by atoms with Crippen molar-refractivity contribution in [2.75, 3.05) is 6.54 Å². The second-order valence-corrected chi connectivity index (χ2v) is 3.83. The van der Waals surface area contributed by atoms with E-state index in [9.17, 15) is 13.6 Å². The third-order valence-electron chi connectivity index (χ3n) is 2.85. The third kappa shape index (κ3) is 1.90. The first kappa shape index (κ1) is 11.0. The molecule has 0 aromatic heterocycles. The van der Waals surface area contributed by atoms with Crippen molar-refractivity contribution in [1.29, 1.82) is 0 Å². The zero-order valence-corrected chi connectivity index (χ0v) is 8.41. The number of hydrogen-bond acceptors (Lipinski definition) is 2. The largest absolute Gasteiger partial charge is 0.480 e. The predicted octanol–water partition coefficient (Wildman–Crippen LogP) is 1.49. The lowest BCUT2D eigenvalue weighted by Gasteiger charge is -2.16. The van der Waals surface area contributed by atoms with Crippen molar-refractivity contribution in [3.8, 4) is 0 Å². The minimum atomic E-state index is -1.01. The highest BCUT2D eigenvalue weighted by Crippen LogP contribution is 2.30. The van der Waals surface area contributed by atoms with E-state index in [1.54, 1.807) is 0 Å². The molecule has 0 amide bonds. The van der Waals surface area contributed by atoms with E-state index < -0.39 is 29.6 Å². The van der Waals surface area contributed by atoms with Gasteiger partial charge in [-0.1, -0.05) is 6.07 Å². The molecule has 0 aliphatic carbocycles. The van der Waals surface area contributed by atoms with E-state index in [2.05, 4.69) is 5.32 Å². The lowest BCUT2D eigenvalue weighted by atomic mass is 9.91. The monoisotopic (exact) mass is 227 g/mol. The van der Waals surface area contributed by atoms with Crippen molar-refractivity contribution in [2.24, 2.45) is 0 Å². The summed E-state index contributed by atoms with van der Waals surface area (Å²) in [6.45, 7) is 0.526. The first-order chi connectivity index (χ1) is 7.59. The lowest BCUT2D eigenvalue weighted by Crippen LogP contribution is -2.34. The highest BCUT2D eigenvalue weighted by atomic mass is 19.1. The topological polar surface area (TPSA) is 49.3 Å². The van der Waals surface area contributed by atoms with Gasteiger partial charge in [0.05, 0.1) is 0 Å². The summed E-state index contributed by atoms with van der Waals surface area (Å²) < 4.78 is 26.2. The van der Waals surface area contributed by atoms with E-state index in [1.807, 2.05) is 0 Å². The Morgan fingerprint density at radius 1 is 1.44 bits per heavy atom. The van der Waals surface area contributed by atoms with E-state index in [1.165, 1.54) is 6.07 Å². The van der Waals surface area contributed by atoms with E-state index in [0.717, 1.165) is 12.1 Å². The molecule has 1 aromatic rings. The number of halogens is 2. The molecule has 2 N–H and O–H groups in total. The molecule has 1 fully saturated rings. The third-order valence-corrected chi connectivity index (χ3v) is 2.85. The van der Waals surface area contributed by atoms with Crippen LogP contribution in [0.1, 0.15) is 17.9 Å². The molecule has 3 nitrogen and oxygen atoms in total. The van der Waals surface area contributed by atoms with Crippen LogP contribution < -0.4 is 5.32 Å². The van der Waals surface area contributed by atoms with Crippen LogP contribution in [0.5, 0.6) is 0 Å². The van der Waals surface area contributed by atoms with Gasteiger partial charge in [-0.05, 0) is 24.6 Å². The second-order valence-electron chi connectivity index (χ2n) is 3.83. The minimum Gasteiger partial charge on any atom is -0.480 e. The van der Waals surface area contributed by atoms with E-state index in [-0.39, 0.29) is 5.56 Å². The van der Waals surface area contributed by atoms with E-state index in [0.29, 0.717) is 13.0 Å². The SMILES string of the molecule is O=C(O)C1NCCC1c1ccc(F)cc1F. The Balaban J connectivity index is 2.32. The van der Waals surface area contributed by atoms with Crippen molar-refractivity contribution < 1.29 is 18.7 Å². The summed E-state index contributed by atoms with van der Waals surface area (Å²) in [6, 6.07) is 2.46. The van der Waals surface area contributed by atoms with Gasteiger partial charge in [-0.3, -0.25) is 4.79 Å². The lowest BCUT2D eigenvalue weighted by molar-refractivity contribution is -0.139. The maximum absolute atomic E-state index is 13.5. The van der Waals surface area contributed by atoms with E-state index >= 15 is 0 Å². The Kier molecular flexibility index (Phi) is 2.87. The number of carboxylic acids is 1. The van der Waals surface area contributed by atoms with Gasteiger partial charge in [0.1, 0.15) is 17.7 Å². The van der Waals surface area contributed by atoms with Gasteiger partial charge in [0, 0.05) is 12.0 Å². The van der Waals surface area contributed by atoms with Gasteiger partial charge in [0.15, 0.2) is 0 Å². The number of carboxylic acid groups (broad SMARTS) is 1. The molecular weight excluding hydrogens is 216 g/mol. The van der Waals surface area contributed by atoms with Gasteiger partial charge >= 0.3 is 5.97 Å². The average Bonchev–Trinajstić information content (AvgIpc) is 2.66. The molecule has 0 saturated carbocycles. The summed E-state index contributed by atoms with van der Waals surface area (Å²) in [6.07, 6.45) is 0.541. The van der Waals surface area contributed by atoms with Crippen molar-refractivity contribution in [3.05, 3.63) is 35.4 Å². The van der Waals surface area contributed by atoms with Crippen LogP contribution in [0.25, 0.3) is 0 Å². The summed E-state index contributed by atoms with van der Waals surface area (Å²) in [5.41, 5.74) is 0.263. The molecule has 86 valence electrons. The van der Waals surface area contributed by atoms with E-state index in [4.69, 9.17) is 5.11 Å². The molecular formula is C11H11F2NO2. The molecule has 0 radical (unpaired) electrons. The molecule has 0 spiro atoms. The van der Waals surface area contributed by atoms with Gasteiger partial charge in [-0.2, -0.15) is 0 Å². The zero-order chi connectivity index (χ0) is 11.7. The Bertz CT molecular complexity index is 422. The van der Waals surface area contributed by atoms with Crippen LogP contribution in [-0.4, -0.2) is 23.7 Å². The first-order valence-electron chi connectivity index (χ1n) is 5.00. The predicted molar refractivity (Wildman–Crippen MR) is 53.1 cm³/mol. The van der Waals surface area contributed by atoms with Crippen LogP contribution in [0.4, 0.5) is 8.78 Å². The number of hydrogen-bond donors (Lipinski definition) is 2. The molecule has 2 unspecified atom stereocenters. The highest BCUT2D eigenvalue weighted by Gasteiger charge is 2.35. The van der Waals surface area contributed by atoms with Gasteiger partial charge < -0.3 is 10.4 Å². The maximum atomic E-state index is 13.5. The van der Waals surface area contributed by atoms with Crippen LogP contribution in [-0.2, 0) is 4.79 Å². The normalized spacial score (nSPS) is 24.6. The fourth-order valence-electron chi connectivity index (χ4n) is 2.10. The van der Waals surface area contributed by atoms with Gasteiger partial charge in [-0.25, -0.2) is 8.78 Å². The van der Waals surface area contributed by atoms with Crippen LogP contribution in [0.15, 0.2) is 18.2 Å². The fourth-order valence-corrected chi connectivity index (χ4v) is 2.10. The Hall–Kier alpha value is -1.49. The second kappa shape index (κ2) is 4.17. The van der Waals surface area contributed by atoms with Crippen LogP contribution >= 0.6 is 0 Å². The van der Waals surface area contributed by atoms with Crippen molar-refractivity contribution in [3.63, 3.8) is 0 Å². The maximum Gasteiger partial charge on any atom is 0.321 e. The smallest absolute Gasteiger partial charge is 0.321 e. The number of nitrogens with one attached hydrogen (secondary N) is 1. The molecule has 1 aliphatic rings. The Labute approximate surface area is 91.1 Å². The minimum absolute atomic E-state index is 0.263. The average molecular weight is 227 g/mol. The zero-order valence-electron chi connectivity index (χ0n) is 8.41. The molecule has 0 bridgehead atoms. The molecule has 16 heavy (non-hydrogen) atoms.